The number of ether oxygens (including phenoxy) is 1. The lowest BCUT2D eigenvalue weighted by molar-refractivity contribution is -0.142. The van der Waals surface area contributed by atoms with E-state index in [1.54, 1.807) is 7.05 Å². The van der Waals surface area contributed by atoms with Gasteiger partial charge < -0.3 is 9.64 Å². The molecule has 0 radical (unpaired) electrons. The lowest BCUT2D eigenvalue weighted by Crippen LogP contribution is -2.44. The van der Waals surface area contributed by atoms with Crippen LogP contribution in [0.1, 0.15) is 55.3 Å². The van der Waals surface area contributed by atoms with E-state index < -0.39 is 6.17 Å². The van der Waals surface area contributed by atoms with Gasteiger partial charge in [-0.2, -0.15) is 0 Å². The predicted octanol–water partition coefficient (Wildman–Crippen LogP) is 4.12. The number of hydrogen-bond donors (Lipinski definition) is 2. The van der Waals surface area contributed by atoms with E-state index in [4.69, 9.17) is 4.74 Å². The second-order valence-electron chi connectivity index (χ2n) is 9.59. The molecule has 3 fully saturated rings. The summed E-state index contributed by atoms with van der Waals surface area (Å²) in [5.74, 6) is 0.799. The summed E-state index contributed by atoms with van der Waals surface area (Å²) < 4.78 is 5.59. The Balaban J connectivity index is 1.19. The minimum atomic E-state index is -0.607. The topological polar surface area (TPSA) is 83.0 Å². The van der Waals surface area contributed by atoms with Gasteiger partial charge >= 0.3 is 0 Å². The maximum Gasteiger partial charge on any atom is 0.251 e. The molecule has 0 bridgehead atoms. The molecule has 2 heterocycles. The number of benzene rings is 2. The van der Waals surface area contributed by atoms with Gasteiger partial charge in [0.15, 0.2) is 6.17 Å². The molecule has 0 aromatic heterocycles. The number of hydrazine groups is 1. The van der Waals surface area contributed by atoms with Crippen molar-refractivity contribution in [1.82, 2.24) is 15.8 Å². The summed E-state index contributed by atoms with van der Waals surface area (Å²) in [5.41, 5.74) is 10.5. The lowest BCUT2D eigenvalue weighted by Gasteiger charge is -2.34. The summed E-state index contributed by atoms with van der Waals surface area (Å²) in [6.45, 7) is 2.44. The van der Waals surface area contributed by atoms with E-state index in [1.165, 1.54) is 12.0 Å². The zero-order valence-corrected chi connectivity index (χ0v) is 19.1. The van der Waals surface area contributed by atoms with Crippen molar-refractivity contribution in [3.8, 4) is 11.1 Å². The van der Waals surface area contributed by atoms with Crippen molar-refractivity contribution in [2.75, 3.05) is 26.7 Å². The van der Waals surface area contributed by atoms with E-state index in [9.17, 15) is 9.70 Å². The van der Waals surface area contributed by atoms with Crippen molar-refractivity contribution >= 4 is 5.91 Å². The minimum absolute atomic E-state index is 0.198. The quantitative estimate of drug-likeness (QED) is 0.492. The molecule has 2 N–H and O–H groups in total. The summed E-state index contributed by atoms with van der Waals surface area (Å²) in [6, 6.07) is 16.8. The van der Waals surface area contributed by atoms with Crippen molar-refractivity contribution in [2.24, 2.45) is 10.6 Å². The number of rotatable bonds is 7. The zero-order chi connectivity index (χ0) is 22.8. The number of nitroso groups, excluding NO2 is 1. The molecule has 174 valence electrons. The molecule has 3 atom stereocenters. The van der Waals surface area contributed by atoms with Crippen LogP contribution in [0.4, 0.5) is 0 Å². The Morgan fingerprint density at radius 3 is 2.33 bits per heavy atom. The summed E-state index contributed by atoms with van der Waals surface area (Å²) in [5, 5.41) is 3.11. The number of carbonyl (C=O) groups excluding carboxylic acids is 1. The molecule has 1 saturated carbocycles. The molecule has 1 unspecified atom stereocenters. The van der Waals surface area contributed by atoms with Gasteiger partial charge in [-0.1, -0.05) is 48.5 Å². The van der Waals surface area contributed by atoms with Gasteiger partial charge in [0.1, 0.15) is 6.10 Å². The van der Waals surface area contributed by atoms with Gasteiger partial charge in [0, 0.05) is 19.7 Å². The first-order valence-electron chi connectivity index (χ1n) is 12.0. The summed E-state index contributed by atoms with van der Waals surface area (Å²) in [4.78, 5) is 25.7. The lowest BCUT2D eigenvalue weighted by atomic mass is 9.88. The van der Waals surface area contributed by atoms with Crippen LogP contribution in [0, 0.1) is 10.3 Å². The molecular weight excluding hydrogens is 416 g/mol. The Labute approximate surface area is 194 Å². The molecule has 2 aromatic carbocycles. The molecule has 5 rings (SSSR count). The highest BCUT2D eigenvalue weighted by molar-refractivity contribution is 5.81. The maximum absolute atomic E-state index is 12.6. The van der Waals surface area contributed by atoms with Crippen molar-refractivity contribution in [3.05, 3.63) is 64.6 Å². The van der Waals surface area contributed by atoms with E-state index in [1.807, 2.05) is 29.2 Å². The van der Waals surface area contributed by atoms with Gasteiger partial charge in [-0.3, -0.25) is 10.2 Å². The fourth-order valence-corrected chi connectivity index (χ4v) is 5.59. The highest BCUT2D eigenvalue weighted by Crippen LogP contribution is 2.65. The number of nitrogens with one attached hydrogen (secondary N) is 2. The summed E-state index contributed by atoms with van der Waals surface area (Å²) >= 11 is 0. The molecule has 7 nitrogen and oxygen atoms in total. The molecule has 1 amide bonds. The average molecular weight is 449 g/mol. The fourth-order valence-electron chi connectivity index (χ4n) is 5.59. The van der Waals surface area contributed by atoms with Gasteiger partial charge in [-0.05, 0) is 77.9 Å². The Hall–Kier alpha value is -2.61. The number of likely N-dealkylation sites (tertiary alicyclic amines) is 1. The van der Waals surface area contributed by atoms with Gasteiger partial charge in [0.25, 0.3) is 5.91 Å². The first kappa shape index (κ1) is 22.2. The summed E-state index contributed by atoms with van der Waals surface area (Å²) in [7, 11) is 1.71. The molecule has 2 aliphatic heterocycles. The Morgan fingerprint density at radius 2 is 1.76 bits per heavy atom. The van der Waals surface area contributed by atoms with E-state index in [-0.39, 0.29) is 12.0 Å². The van der Waals surface area contributed by atoms with Gasteiger partial charge in [-0.25, -0.2) is 5.43 Å². The van der Waals surface area contributed by atoms with E-state index in [0.29, 0.717) is 11.3 Å². The van der Waals surface area contributed by atoms with Crippen molar-refractivity contribution < 1.29 is 9.53 Å². The van der Waals surface area contributed by atoms with Crippen molar-refractivity contribution in [3.63, 3.8) is 0 Å². The van der Waals surface area contributed by atoms with Crippen LogP contribution in [-0.2, 0) is 9.53 Å². The first-order chi connectivity index (χ1) is 16.1. The molecule has 7 heteroatoms. The second-order valence-corrected chi connectivity index (χ2v) is 9.59. The van der Waals surface area contributed by atoms with Crippen LogP contribution in [0.3, 0.4) is 0 Å². The van der Waals surface area contributed by atoms with Gasteiger partial charge in [0.05, 0.1) is 0 Å². The third-order valence-corrected chi connectivity index (χ3v) is 7.73. The molecular formula is C26H32N4O3. The van der Waals surface area contributed by atoms with Crippen LogP contribution < -0.4 is 10.9 Å². The van der Waals surface area contributed by atoms with E-state index in [0.717, 1.165) is 62.1 Å². The van der Waals surface area contributed by atoms with Crippen molar-refractivity contribution in [1.29, 1.82) is 0 Å². The minimum Gasteiger partial charge on any atom is -0.368 e. The monoisotopic (exact) mass is 448 g/mol. The van der Waals surface area contributed by atoms with Crippen molar-refractivity contribution in [2.45, 2.75) is 50.3 Å². The molecule has 2 saturated heterocycles. The van der Waals surface area contributed by atoms with Gasteiger partial charge in [0.2, 0.25) is 0 Å². The highest BCUT2D eigenvalue weighted by atomic mass is 16.5. The molecule has 1 aliphatic carbocycles. The average Bonchev–Trinajstić information content (AvgIpc) is 3.28. The third-order valence-electron chi connectivity index (χ3n) is 7.73. The first-order valence-corrected chi connectivity index (χ1v) is 12.0. The zero-order valence-electron chi connectivity index (χ0n) is 19.1. The van der Waals surface area contributed by atoms with E-state index in [2.05, 4.69) is 40.3 Å². The third kappa shape index (κ3) is 4.45. The standard InChI is InChI=1S/C26H32N4O3/c1-27-28-24(29-32)21-10-6-19(7-11-21)18-4-8-20(9-5-18)22-17-26(22)12-14-30(15-13-26)25(31)23-3-2-16-33-23/h4-11,22-24,27-28H,2-3,12-17H2,1H3/t22-,23-,24?/m1/s1. The number of piperidine rings is 1. The molecule has 33 heavy (non-hydrogen) atoms. The van der Waals surface area contributed by atoms with Crippen LogP contribution >= 0.6 is 0 Å². The summed E-state index contributed by atoms with van der Waals surface area (Å²) in [6.07, 6.45) is 4.47. The number of hydrogen-bond acceptors (Lipinski definition) is 6. The molecule has 2 aromatic rings. The predicted molar refractivity (Wildman–Crippen MR) is 127 cm³/mol. The molecule has 1 spiro atoms. The SMILES string of the molecule is CNNC(N=O)c1ccc(-c2ccc([C@H]3CC34CCN(C(=O)[C@H]3CCCO3)CC4)cc2)cc1. The maximum atomic E-state index is 12.6. The smallest absolute Gasteiger partial charge is 0.251 e. The Bertz CT molecular complexity index is 978. The van der Waals surface area contributed by atoms with Crippen LogP contribution in [0.25, 0.3) is 11.1 Å². The number of nitrogens with zero attached hydrogens (tertiary/aromatic N) is 2. The molecule has 3 aliphatic rings. The van der Waals surface area contributed by atoms with E-state index >= 15 is 0 Å². The number of carbonyl (C=O) groups is 1. The largest absolute Gasteiger partial charge is 0.368 e. The Kier molecular flexibility index (Phi) is 6.27. The van der Waals surface area contributed by atoms with Crippen LogP contribution in [0.5, 0.6) is 0 Å². The number of amides is 1. The normalized spacial score (nSPS) is 24.6. The van der Waals surface area contributed by atoms with Crippen LogP contribution in [0.15, 0.2) is 53.7 Å². The second kappa shape index (κ2) is 9.33. The fraction of sp³-hybridized carbons (Fsp3) is 0.500. The van der Waals surface area contributed by atoms with Crippen LogP contribution in [0.2, 0.25) is 0 Å². The Morgan fingerprint density at radius 1 is 1.09 bits per heavy atom. The highest BCUT2D eigenvalue weighted by Gasteiger charge is 2.55. The van der Waals surface area contributed by atoms with Gasteiger partial charge in [-0.15, -0.1) is 4.91 Å². The van der Waals surface area contributed by atoms with Crippen LogP contribution in [-0.4, -0.2) is 43.7 Å².